The first-order valence-electron chi connectivity index (χ1n) is 6.74. The van der Waals surface area contributed by atoms with Gasteiger partial charge in [-0.15, -0.1) is 0 Å². The lowest BCUT2D eigenvalue weighted by Gasteiger charge is -2.28. The molecule has 7 nitrogen and oxygen atoms in total. The normalized spacial score (nSPS) is 18.1. The Bertz CT molecular complexity index is 799. The van der Waals surface area contributed by atoms with Crippen LogP contribution in [0.25, 0.3) is 10.9 Å². The zero-order chi connectivity index (χ0) is 15.9. The lowest BCUT2D eigenvalue weighted by Crippen LogP contribution is -2.44. The second kappa shape index (κ2) is 5.38. The van der Waals surface area contributed by atoms with Crippen molar-refractivity contribution in [3.8, 4) is 0 Å². The molecule has 2 heterocycles. The van der Waals surface area contributed by atoms with E-state index < -0.39 is 6.29 Å². The molecule has 0 saturated carbocycles. The van der Waals surface area contributed by atoms with Crippen LogP contribution >= 0.6 is 12.8 Å². The number of hydrogen-bond donors (Lipinski definition) is 4. The fourth-order valence-electron chi connectivity index (χ4n) is 2.32. The van der Waals surface area contributed by atoms with Crippen molar-refractivity contribution in [2.45, 2.75) is 20.1 Å². The molecular formula is C14H17N7S. The largest absolute Gasteiger partial charge is 0.398 e. The van der Waals surface area contributed by atoms with Crippen LogP contribution in [0.1, 0.15) is 12.6 Å². The van der Waals surface area contributed by atoms with Gasteiger partial charge in [-0.1, -0.05) is 12.8 Å². The van der Waals surface area contributed by atoms with Crippen LogP contribution in [0.4, 0.5) is 11.4 Å². The maximum atomic E-state index is 6.07. The minimum Gasteiger partial charge on any atom is -0.398 e. The number of thiol groups is 1. The number of aryl methyl sites for hydroxylation is 1. The number of nitrogen functional groups attached to an aromatic ring is 1. The number of fused-ring (bicyclic) bond motifs is 1. The highest BCUT2D eigenvalue weighted by Gasteiger charge is 2.21. The van der Waals surface area contributed by atoms with Gasteiger partial charge in [0, 0.05) is 22.5 Å². The molecule has 1 aliphatic heterocycles. The van der Waals surface area contributed by atoms with E-state index in [0.29, 0.717) is 17.5 Å². The predicted molar refractivity (Wildman–Crippen MR) is 93.9 cm³/mol. The van der Waals surface area contributed by atoms with Crippen molar-refractivity contribution in [2.75, 3.05) is 11.1 Å². The minimum absolute atomic E-state index is 0.297. The Morgan fingerprint density at radius 1 is 1.23 bits per heavy atom. The molecule has 1 aliphatic rings. The third-order valence-electron chi connectivity index (χ3n) is 3.32. The Morgan fingerprint density at radius 2 is 2.00 bits per heavy atom. The number of benzene rings is 1. The molecule has 0 spiro atoms. The Balaban J connectivity index is 1.93. The molecule has 5 N–H and O–H groups in total. The summed E-state index contributed by atoms with van der Waals surface area (Å²) in [6.45, 7) is 3.70. The molecule has 114 valence electrons. The third kappa shape index (κ3) is 2.64. The quantitative estimate of drug-likeness (QED) is 0.632. The number of aromatic nitrogens is 1. The third-order valence-corrected chi connectivity index (χ3v) is 3.74. The molecule has 8 heteroatoms. The first kappa shape index (κ1) is 14.5. The van der Waals surface area contributed by atoms with E-state index >= 15 is 0 Å². The molecule has 2 aromatic rings. The average Bonchev–Trinajstić information content (AvgIpc) is 2.45. The smallest absolute Gasteiger partial charge is 0.211 e. The predicted octanol–water partition coefficient (Wildman–Crippen LogP) is 1.71. The van der Waals surface area contributed by atoms with Gasteiger partial charge in [-0.3, -0.25) is 4.98 Å². The van der Waals surface area contributed by atoms with Crippen LogP contribution in [-0.2, 0) is 0 Å². The van der Waals surface area contributed by atoms with Crippen molar-refractivity contribution in [3.05, 3.63) is 30.0 Å². The van der Waals surface area contributed by atoms with Gasteiger partial charge in [-0.2, -0.15) is 4.99 Å². The second-order valence-electron chi connectivity index (χ2n) is 5.09. The molecule has 1 aromatic heterocycles. The topological polar surface area (TPSA) is 105 Å². The molecule has 1 aromatic carbocycles. The summed E-state index contributed by atoms with van der Waals surface area (Å²) in [6, 6.07) is 7.62. The van der Waals surface area contributed by atoms with Crippen molar-refractivity contribution >= 4 is 46.9 Å². The maximum Gasteiger partial charge on any atom is 0.211 e. The van der Waals surface area contributed by atoms with Crippen LogP contribution < -0.4 is 16.8 Å². The monoisotopic (exact) mass is 315 g/mol. The van der Waals surface area contributed by atoms with Crippen LogP contribution in [0.3, 0.4) is 0 Å². The van der Waals surface area contributed by atoms with Gasteiger partial charge in [0.2, 0.25) is 12.2 Å². The van der Waals surface area contributed by atoms with E-state index in [4.69, 9.17) is 11.5 Å². The summed E-state index contributed by atoms with van der Waals surface area (Å²) in [5.74, 6) is 0.892. The number of anilines is 2. The van der Waals surface area contributed by atoms with Crippen molar-refractivity contribution in [3.63, 3.8) is 0 Å². The van der Waals surface area contributed by atoms with E-state index in [1.807, 2.05) is 31.2 Å². The number of nitrogens with two attached hydrogens (primary N) is 2. The van der Waals surface area contributed by atoms with E-state index in [-0.39, 0.29) is 0 Å². The number of rotatable bonds is 2. The first-order valence-corrected chi connectivity index (χ1v) is 7.14. The van der Waals surface area contributed by atoms with Crippen LogP contribution in [0.2, 0.25) is 0 Å². The van der Waals surface area contributed by atoms with Crippen LogP contribution in [-0.4, -0.2) is 27.4 Å². The Morgan fingerprint density at radius 3 is 2.77 bits per heavy atom. The molecule has 3 rings (SSSR count). The summed E-state index contributed by atoms with van der Waals surface area (Å²) < 4.78 is 1.47. The maximum absolute atomic E-state index is 6.07. The van der Waals surface area contributed by atoms with Crippen molar-refractivity contribution in [2.24, 2.45) is 15.7 Å². The number of pyridine rings is 1. The van der Waals surface area contributed by atoms with Crippen molar-refractivity contribution in [1.29, 1.82) is 0 Å². The molecular weight excluding hydrogens is 298 g/mol. The Hall–Kier alpha value is -2.48. The summed E-state index contributed by atoms with van der Waals surface area (Å²) in [7, 11) is 0. The summed E-state index contributed by atoms with van der Waals surface area (Å²) in [6.07, 6.45) is -0.432. The van der Waals surface area contributed by atoms with Gasteiger partial charge in [0.25, 0.3) is 0 Å². The van der Waals surface area contributed by atoms with E-state index in [2.05, 4.69) is 33.1 Å². The molecule has 0 amide bonds. The van der Waals surface area contributed by atoms with Gasteiger partial charge < -0.3 is 16.8 Å². The molecule has 1 unspecified atom stereocenters. The number of hydrogen-bond acceptors (Lipinski definition) is 8. The van der Waals surface area contributed by atoms with E-state index in [9.17, 15) is 0 Å². The van der Waals surface area contributed by atoms with Gasteiger partial charge in [0.05, 0.1) is 5.52 Å². The summed E-state index contributed by atoms with van der Waals surface area (Å²) >= 11 is 4.30. The van der Waals surface area contributed by atoms with Gasteiger partial charge in [0.1, 0.15) is 5.84 Å². The highest BCUT2D eigenvalue weighted by Crippen LogP contribution is 2.25. The molecule has 22 heavy (non-hydrogen) atoms. The summed E-state index contributed by atoms with van der Waals surface area (Å²) in [5.41, 5.74) is 15.2. The highest BCUT2D eigenvalue weighted by molar-refractivity contribution is 7.78. The van der Waals surface area contributed by atoms with E-state index in [0.717, 1.165) is 22.3 Å². The highest BCUT2D eigenvalue weighted by atomic mass is 32.1. The van der Waals surface area contributed by atoms with Gasteiger partial charge in [0.15, 0.2) is 0 Å². The molecule has 0 aliphatic carbocycles. The zero-order valence-corrected chi connectivity index (χ0v) is 13.2. The lowest BCUT2D eigenvalue weighted by molar-refractivity contribution is 0.534. The standard InChI is InChI=1S/C14H17N7S/c1-7-5-11(15)10-6-9(3-4-12(10)17-7)20-14-19-8(2)18-13(16)21(14)22/h3-6,14,20,22H,1-2H3,(H2,15,17)(H2,16,18,19). The van der Waals surface area contributed by atoms with Crippen molar-refractivity contribution < 1.29 is 0 Å². The van der Waals surface area contributed by atoms with Crippen LogP contribution in [0, 0.1) is 6.92 Å². The summed E-state index contributed by atoms with van der Waals surface area (Å²) in [4.78, 5) is 12.9. The van der Waals surface area contributed by atoms with Gasteiger partial charge in [-0.25, -0.2) is 9.30 Å². The van der Waals surface area contributed by atoms with Crippen LogP contribution in [0.15, 0.2) is 34.3 Å². The Kier molecular flexibility index (Phi) is 3.53. The van der Waals surface area contributed by atoms with Crippen molar-refractivity contribution in [1.82, 2.24) is 9.29 Å². The number of aliphatic imine (C=N–C) groups is 2. The van der Waals surface area contributed by atoms with Crippen LogP contribution in [0.5, 0.6) is 0 Å². The fourth-order valence-corrected chi connectivity index (χ4v) is 2.48. The number of amidine groups is 1. The molecule has 0 radical (unpaired) electrons. The zero-order valence-electron chi connectivity index (χ0n) is 12.3. The number of guanidine groups is 1. The summed E-state index contributed by atoms with van der Waals surface area (Å²) in [5, 5.41) is 4.13. The Labute approximate surface area is 133 Å². The lowest BCUT2D eigenvalue weighted by atomic mass is 10.1. The van der Waals surface area contributed by atoms with E-state index in [1.165, 1.54) is 4.31 Å². The van der Waals surface area contributed by atoms with Gasteiger partial charge in [-0.05, 0) is 38.1 Å². The molecule has 1 atom stereocenters. The average molecular weight is 315 g/mol. The van der Waals surface area contributed by atoms with E-state index in [1.54, 1.807) is 6.92 Å². The number of nitrogens with one attached hydrogen (secondary N) is 1. The number of nitrogens with zero attached hydrogens (tertiary/aromatic N) is 4. The molecule has 0 saturated heterocycles. The van der Waals surface area contributed by atoms with Gasteiger partial charge >= 0.3 is 0 Å². The fraction of sp³-hybridized carbons (Fsp3) is 0.214. The minimum atomic E-state index is -0.432. The molecule has 0 bridgehead atoms. The second-order valence-corrected chi connectivity index (χ2v) is 5.52. The SMILES string of the molecule is CC1=NC(Nc2ccc3nc(C)cc(N)c3c2)N(S)C(N)=N1. The first-order chi connectivity index (χ1) is 10.4. The molecule has 0 fully saturated rings.